The third-order valence-corrected chi connectivity index (χ3v) is 3.62. The molecule has 21 heavy (non-hydrogen) atoms. The van der Waals surface area contributed by atoms with Crippen LogP contribution >= 0.6 is 0 Å². The topological polar surface area (TPSA) is 47.3 Å². The second kappa shape index (κ2) is 6.43. The van der Waals surface area contributed by atoms with E-state index in [2.05, 4.69) is 36.9 Å². The number of anilines is 2. The maximum absolute atomic E-state index is 10.0. The lowest BCUT2D eigenvalue weighted by atomic mass is 10.0. The van der Waals surface area contributed by atoms with E-state index in [0.717, 1.165) is 23.5 Å². The van der Waals surface area contributed by atoms with E-state index in [4.69, 9.17) is 5.26 Å². The van der Waals surface area contributed by atoms with Crippen molar-refractivity contribution in [1.82, 2.24) is 0 Å². The Balaban J connectivity index is 2.61. The van der Waals surface area contributed by atoms with Crippen LogP contribution in [0.5, 0.6) is 0 Å². The molecule has 0 saturated carbocycles. The summed E-state index contributed by atoms with van der Waals surface area (Å²) < 4.78 is 0. The van der Waals surface area contributed by atoms with Gasteiger partial charge in [0.15, 0.2) is 0 Å². The number of aliphatic hydroxyl groups is 1. The van der Waals surface area contributed by atoms with Crippen molar-refractivity contribution in [1.29, 1.82) is 5.26 Å². The zero-order valence-corrected chi connectivity index (χ0v) is 12.7. The number of hydrogen-bond acceptors (Lipinski definition) is 3. The van der Waals surface area contributed by atoms with Crippen molar-refractivity contribution in [2.24, 2.45) is 0 Å². The monoisotopic (exact) mass is 280 g/mol. The number of nitriles is 1. The van der Waals surface area contributed by atoms with Crippen molar-refractivity contribution >= 4 is 11.4 Å². The zero-order valence-electron chi connectivity index (χ0n) is 12.7. The van der Waals surface area contributed by atoms with E-state index in [1.165, 1.54) is 5.56 Å². The molecule has 1 atom stereocenters. The molecule has 3 nitrogen and oxygen atoms in total. The molecule has 0 amide bonds. The molecule has 0 aliphatic carbocycles. The van der Waals surface area contributed by atoms with E-state index in [-0.39, 0.29) is 0 Å². The highest BCUT2D eigenvalue weighted by Gasteiger charge is 2.16. The molecular formula is C18H20N2O. The number of aryl methyl sites for hydroxylation is 1. The maximum atomic E-state index is 10.0. The van der Waals surface area contributed by atoms with E-state index in [1.54, 1.807) is 13.0 Å². The SMILES string of the molecule is CCN(c1ccccc1C)c1cc(C#N)ccc1C(C)O. The number of hydrogen-bond donors (Lipinski definition) is 1. The number of nitrogens with zero attached hydrogens (tertiary/aromatic N) is 2. The lowest BCUT2D eigenvalue weighted by Gasteiger charge is -2.28. The van der Waals surface area contributed by atoms with Gasteiger partial charge >= 0.3 is 0 Å². The number of aliphatic hydroxyl groups excluding tert-OH is 1. The molecule has 2 aromatic rings. The zero-order chi connectivity index (χ0) is 15.4. The lowest BCUT2D eigenvalue weighted by Crippen LogP contribution is -2.19. The summed E-state index contributed by atoms with van der Waals surface area (Å²) in [7, 11) is 0. The fraction of sp³-hybridized carbons (Fsp3) is 0.278. The number of rotatable bonds is 4. The average molecular weight is 280 g/mol. The molecule has 0 fully saturated rings. The van der Waals surface area contributed by atoms with Gasteiger partial charge in [0.05, 0.1) is 17.7 Å². The largest absolute Gasteiger partial charge is 0.389 e. The highest BCUT2D eigenvalue weighted by molar-refractivity contribution is 5.70. The minimum absolute atomic E-state index is 0.578. The summed E-state index contributed by atoms with van der Waals surface area (Å²) >= 11 is 0. The predicted molar refractivity (Wildman–Crippen MR) is 85.6 cm³/mol. The van der Waals surface area contributed by atoms with Gasteiger partial charge in [-0.25, -0.2) is 0 Å². The molecule has 0 aromatic heterocycles. The summed E-state index contributed by atoms with van der Waals surface area (Å²) in [5.41, 5.74) is 4.58. The van der Waals surface area contributed by atoms with E-state index in [0.29, 0.717) is 5.56 Å². The van der Waals surface area contributed by atoms with Gasteiger partial charge in [0, 0.05) is 23.5 Å². The standard InChI is InChI=1S/C18H20N2O/c1-4-20(17-8-6-5-7-13(17)2)18-11-15(12-19)9-10-16(18)14(3)21/h5-11,14,21H,4H2,1-3H3. The van der Waals surface area contributed by atoms with Crippen molar-refractivity contribution < 1.29 is 5.11 Å². The molecule has 0 bridgehead atoms. The van der Waals surface area contributed by atoms with Crippen LogP contribution < -0.4 is 4.90 Å². The second-order valence-corrected chi connectivity index (χ2v) is 5.09. The van der Waals surface area contributed by atoms with Crippen LogP contribution in [0.25, 0.3) is 0 Å². The third-order valence-electron chi connectivity index (χ3n) is 3.62. The van der Waals surface area contributed by atoms with Crippen molar-refractivity contribution in [3.63, 3.8) is 0 Å². The molecule has 108 valence electrons. The van der Waals surface area contributed by atoms with E-state index >= 15 is 0 Å². The van der Waals surface area contributed by atoms with Crippen LogP contribution in [0.1, 0.15) is 36.6 Å². The first-order valence-corrected chi connectivity index (χ1v) is 7.13. The summed E-state index contributed by atoms with van der Waals surface area (Å²) in [6.07, 6.45) is -0.578. The molecule has 0 saturated heterocycles. The molecule has 0 aliphatic rings. The molecule has 0 spiro atoms. The summed E-state index contributed by atoms with van der Waals surface area (Å²) in [6.45, 7) is 6.64. The van der Waals surface area contributed by atoms with Crippen LogP contribution in [0.15, 0.2) is 42.5 Å². The predicted octanol–water partition coefficient (Wildman–Crippen LogP) is 4.08. The third kappa shape index (κ3) is 3.07. The highest BCUT2D eigenvalue weighted by atomic mass is 16.3. The first-order valence-electron chi connectivity index (χ1n) is 7.13. The number of benzene rings is 2. The fourth-order valence-corrected chi connectivity index (χ4v) is 2.54. The van der Waals surface area contributed by atoms with E-state index in [1.807, 2.05) is 24.3 Å². The van der Waals surface area contributed by atoms with E-state index < -0.39 is 6.10 Å². The Morgan fingerprint density at radius 1 is 1.19 bits per heavy atom. The van der Waals surface area contributed by atoms with Crippen molar-refractivity contribution in [2.45, 2.75) is 26.9 Å². The minimum Gasteiger partial charge on any atom is -0.389 e. The summed E-state index contributed by atoms with van der Waals surface area (Å²) in [4.78, 5) is 2.14. The van der Waals surface area contributed by atoms with Crippen LogP contribution in [0.2, 0.25) is 0 Å². The van der Waals surface area contributed by atoms with Gasteiger partial charge < -0.3 is 10.0 Å². The molecule has 3 heteroatoms. The maximum Gasteiger partial charge on any atom is 0.0992 e. The Morgan fingerprint density at radius 2 is 1.90 bits per heavy atom. The summed E-state index contributed by atoms with van der Waals surface area (Å²) in [5.74, 6) is 0. The van der Waals surface area contributed by atoms with Gasteiger partial charge in [-0.1, -0.05) is 24.3 Å². The molecule has 0 heterocycles. The smallest absolute Gasteiger partial charge is 0.0992 e. The summed E-state index contributed by atoms with van der Waals surface area (Å²) in [6, 6.07) is 15.7. The minimum atomic E-state index is -0.578. The second-order valence-electron chi connectivity index (χ2n) is 5.09. The van der Waals surface area contributed by atoms with Crippen molar-refractivity contribution in [3.8, 4) is 6.07 Å². The van der Waals surface area contributed by atoms with Gasteiger partial charge in [-0.3, -0.25) is 0 Å². The molecule has 1 N–H and O–H groups in total. The van der Waals surface area contributed by atoms with Crippen LogP contribution in [0.4, 0.5) is 11.4 Å². The van der Waals surface area contributed by atoms with Gasteiger partial charge in [-0.15, -0.1) is 0 Å². The fourth-order valence-electron chi connectivity index (χ4n) is 2.54. The lowest BCUT2D eigenvalue weighted by molar-refractivity contribution is 0.199. The molecule has 0 aliphatic heterocycles. The van der Waals surface area contributed by atoms with Crippen LogP contribution in [-0.2, 0) is 0 Å². The Labute approximate surface area is 126 Å². The Morgan fingerprint density at radius 3 is 2.48 bits per heavy atom. The quantitative estimate of drug-likeness (QED) is 0.918. The normalized spacial score (nSPS) is 11.8. The first kappa shape index (κ1) is 15.1. The molecule has 0 radical (unpaired) electrons. The molecule has 2 rings (SSSR count). The highest BCUT2D eigenvalue weighted by Crippen LogP contribution is 2.34. The first-order chi connectivity index (χ1) is 10.1. The van der Waals surface area contributed by atoms with Crippen molar-refractivity contribution in [2.75, 3.05) is 11.4 Å². The van der Waals surface area contributed by atoms with E-state index in [9.17, 15) is 5.11 Å². The van der Waals surface area contributed by atoms with Gasteiger partial charge in [0.2, 0.25) is 0 Å². The van der Waals surface area contributed by atoms with Gasteiger partial charge in [-0.05, 0) is 44.5 Å². The van der Waals surface area contributed by atoms with Gasteiger partial charge in [0.25, 0.3) is 0 Å². The van der Waals surface area contributed by atoms with Crippen LogP contribution in [0, 0.1) is 18.3 Å². The Kier molecular flexibility index (Phi) is 4.62. The van der Waals surface area contributed by atoms with Crippen LogP contribution in [0.3, 0.4) is 0 Å². The molecule has 2 aromatic carbocycles. The Hall–Kier alpha value is -2.31. The van der Waals surface area contributed by atoms with Crippen LogP contribution in [-0.4, -0.2) is 11.7 Å². The molecule has 1 unspecified atom stereocenters. The summed E-state index contributed by atoms with van der Waals surface area (Å²) in [5, 5.41) is 19.2. The number of para-hydroxylation sites is 1. The van der Waals surface area contributed by atoms with Crippen molar-refractivity contribution in [3.05, 3.63) is 59.2 Å². The Bertz CT molecular complexity index is 671. The van der Waals surface area contributed by atoms with Gasteiger partial charge in [-0.2, -0.15) is 5.26 Å². The van der Waals surface area contributed by atoms with Gasteiger partial charge in [0.1, 0.15) is 0 Å². The average Bonchev–Trinajstić information content (AvgIpc) is 2.49. The molecular weight excluding hydrogens is 260 g/mol.